The van der Waals surface area contributed by atoms with Crippen molar-refractivity contribution in [3.05, 3.63) is 59.6 Å². The second-order valence-corrected chi connectivity index (χ2v) is 5.53. The van der Waals surface area contributed by atoms with Crippen LogP contribution >= 0.6 is 0 Å². The largest absolute Gasteiger partial charge is 0.416 e. The van der Waals surface area contributed by atoms with Gasteiger partial charge in [0.1, 0.15) is 0 Å². The molecule has 1 saturated heterocycles. The third kappa shape index (κ3) is 4.16. The summed E-state index contributed by atoms with van der Waals surface area (Å²) >= 11 is 0. The molecule has 2 aromatic heterocycles. The molecule has 1 aliphatic heterocycles. The predicted octanol–water partition coefficient (Wildman–Crippen LogP) is 3.46. The molecule has 0 atom stereocenters. The van der Waals surface area contributed by atoms with Crippen LogP contribution in [-0.4, -0.2) is 34.1 Å². The first-order chi connectivity index (χ1) is 11.2. The molecule has 1 aliphatic rings. The van der Waals surface area contributed by atoms with Crippen LogP contribution in [0.5, 0.6) is 5.88 Å². The zero-order valence-corrected chi connectivity index (χ0v) is 13.1. The molecule has 5 nitrogen and oxygen atoms in total. The fourth-order valence-electron chi connectivity index (χ4n) is 2.54. The summed E-state index contributed by atoms with van der Waals surface area (Å²) in [5.74, 6) is 0.336. The number of hydrogen-bond acceptors (Lipinski definition) is 4. The van der Waals surface area contributed by atoms with Gasteiger partial charge in [-0.3, -0.25) is 4.98 Å². The molecule has 23 heavy (non-hydrogen) atoms. The molecule has 3 heterocycles. The molecule has 0 bridgehead atoms. The Morgan fingerprint density at radius 3 is 2.70 bits per heavy atom. The minimum Gasteiger partial charge on any atom is -0.391 e. The Morgan fingerprint density at radius 1 is 1.17 bits per heavy atom. The van der Waals surface area contributed by atoms with Gasteiger partial charge in [-0.05, 0) is 44.0 Å². The number of hydrogen-bond donors (Lipinski definition) is 0. The molecule has 118 valence electrons. The van der Waals surface area contributed by atoms with Gasteiger partial charge in [-0.2, -0.15) is 0 Å². The molecule has 0 aliphatic carbocycles. The number of pyridine rings is 2. The summed E-state index contributed by atoms with van der Waals surface area (Å²) in [4.78, 5) is 22.3. The number of ether oxygens (including phenoxy) is 1. The molecule has 2 aromatic rings. The fourth-order valence-corrected chi connectivity index (χ4v) is 2.54. The Morgan fingerprint density at radius 2 is 2.00 bits per heavy atom. The zero-order valence-electron chi connectivity index (χ0n) is 13.1. The van der Waals surface area contributed by atoms with Crippen molar-refractivity contribution < 1.29 is 9.53 Å². The highest BCUT2D eigenvalue weighted by atomic mass is 16.6. The SMILES string of the molecule is Cc1cccc(C=C2CCN(C(=O)Oc3ccccn3)CC2)n1. The van der Waals surface area contributed by atoms with E-state index in [2.05, 4.69) is 16.0 Å². The lowest BCUT2D eigenvalue weighted by Crippen LogP contribution is -2.38. The summed E-state index contributed by atoms with van der Waals surface area (Å²) in [5, 5.41) is 0. The van der Waals surface area contributed by atoms with E-state index in [9.17, 15) is 4.79 Å². The van der Waals surface area contributed by atoms with Gasteiger partial charge in [0.2, 0.25) is 5.88 Å². The van der Waals surface area contributed by atoms with Crippen molar-refractivity contribution in [3.63, 3.8) is 0 Å². The van der Waals surface area contributed by atoms with Crippen molar-refractivity contribution in [1.29, 1.82) is 0 Å². The van der Waals surface area contributed by atoms with Crippen LogP contribution in [0.1, 0.15) is 24.2 Å². The van der Waals surface area contributed by atoms with Gasteiger partial charge in [-0.1, -0.05) is 17.7 Å². The molecule has 5 heteroatoms. The van der Waals surface area contributed by atoms with E-state index in [1.807, 2.05) is 25.1 Å². The smallest absolute Gasteiger partial charge is 0.391 e. The second-order valence-electron chi connectivity index (χ2n) is 5.53. The topological polar surface area (TPSA) is 55.3 Å². The van der Waals surface area contributed by atoms with Gasteiger partial charge >= 0.3 is 6.09 Å². The van der Waals surface area contributed by atoms with Crippen molar-refractivity contribution in [2.24, 2.45) is 0 Å². The van der Waals surface area contributed by atoms with E-state index < -0.39 is 0 Å². The molecule has 0 radical (unpaired) electrons. The van der Waals surface area contributed by atoms with Crippen LogP contribution in [0.15, 0.2) is 48.2 Å². The van der Waals surface area contributed by atoms with Gasteiger partial charge in [-0.25, -0.2) is 9.78 Å². The van der Waals surface area contributed by atoms with Gasteiger partial charge in [0, 0.05) is 31.0 Å². The van der Waals surface area contributed by atoms with Crippen LogP contribution in [0.3, 0.4) is 0 Å². The van der Waals surface area contributed by atoms with E-state index >= 15 is 0 Å². The van der Waals surface area contributed by atoms with E-state index in [0.717, 1.165) is 24.2 Å². The highest BCUT2D eigenvalue weighted by Gasteiger charge is 2.21. The first-order valence-corrected chi connectivity index (χ1v) is 7.71. The standard InChI is InChI=1S/C18H19N3O2/c1-14-5-4-6-16(20-14)13-15-8-11-21(12-9-15)18(22)23-17-7-2-3-10-19-17/h2-7,10,13H,8-9,11-12H2,1H3. The molecular weight excluding hydrogens is 290 g/mol. The van der Waals surface area contributed by atoms with Crippen LogP contribution in [0.4, 0.5) is 4.79 Å². The number of nitrogens with zero attached hydrogens (tertiary/aromatic N) is 3. The Bertz CT molecular complexity index is 703. The third-order valence-corrected chi connectivity index (χ3v) is 3.76. The Balaban J connectivity index is 1.57. The molecule has 0 saturated carbocycles. The number of piperidine rings is 1. The average Bonchev–Trinajstić information content (AvgIpc) is 2.56. The van der Waals surface area contributed by atoms with Crippen LogP contribution in [-0.2, 0) is 0 Å². The Labute approximate surface area is 135 Å². The van der Waals surface area contributed by atoms with Crippen molar-refractivity contribution >= 4 is 12.2 Å². The normalized spacial score (nSPS) is 14.5. The van der Waals surface area contributed by atoms with E-state index in [0.29, 0.717) is 19.0 Å². The molecule has 3 rings (SSSR count). The summed E-state index contributed by atoms with van der Waals surface area (Å²) in [6.07, 6.45) is 5.07. The van der Waals surface area contributed by atoms with Gasteiger partial charge in [0.25, 0.3) is 0 Å². The first-order valence-electron chi connectivity index (χ1n) is 7.71. The molecule has 1 fully saturated rings. The maximum atomic E-state index is 12.1. The monoisotopic (exact) mass is 309 g/mol. The number of amides is 1. The minimum atomic E-state index is -0.337. The lowest BCUT2D eigenvalue weighted by Gasteiger charge is -2.27. The average molecular weight is 309 g/mol. The third-order valence-electron chi connectivity index (χ3n) is 3.76. The summed E-state index contributed by atoms with van der Waals surface area (Å²) in [5.41, 5.74) is 3.30. The Hall–Kier alpha value is -2.69. The van der Waals surface area contributed by atoms with Gasteiger partial charge in [0.05, 0.1) is 5.69 Å². The van der Waals surface area contributed by atoms with Gasteiger partial charge < -0.3 is 9.64 Å². The molecule has 0 unspecified atom stereocenters. The number of rotatable bonds is 2. The zero-order chi connectivity index (χ0) is 16.1. The van der Waals surface area contributed by atoms with Gasteiger partial charge in [0.15, 0.2) is 0 Å². The van der Waals surface area contributed by atoms with Crippen LogP contribution in [0, 0.1) is 6.92 Å². The summed E-state index contributed by atoms with van der Waals surface area (Å²) in [7, 11) is 0. The quantitative estimate of drug-likeness (QED) is 0.852. The number of aryl methyl sites for hydroxylation is 1. The molecular formula is C18H19N3O2. The number of aromatic nitrogens is 2. The maximum absolute atomic E-state index is 12.1. The van der Waals surface area contributed by atoms with E-state index in [4.69, 9.17) is 4.74 Å². The van der Waals surface area contributed by atoms with Crippen molar-refractivity contribution in [2.75, 3.05) is 13.1 Å². The highest BCUT2D eigenvalue weighted by Crippen LogP contribution is 2.20. The van der Waals surface area contributed by atoms with E-state index in [1.54, 1.807) is 29.3 Å². The molecule has 0 aromatic carbocycles. The van der Waals surface area contributed by atoms with Crippen molar-refractivity contribution in [3.8, 4) is 5.88 Å². The van der Waals surface area contributed by atoms with E-state index in [-0.39, 0.29) is 6.09 Å². The number of carbonyl (C=O) groups excluding carboxylic acids is 1. The highest BCUT2D eigenvalue weighted by molar-refractivity contribution is 5.70. The summed E-state index contributed by atoms with van der Waals surface area (Å²) in [6.45, 7) is 3.30. The lowest BCUT2D eigenvalue weighted by atomic mass is 10.0. The van der Waals surface area contributed by atoms with Crippen LogP contribution in [0.2, 0.25) is 0 Å². The molecule has 1 amide bonds. The lowest BCUT2D eigenvalue weighted by molar-refractivity contribution is 0.147. The van der Waals surface area contributed by atoms with Gasteiger partial charge in [-0.15, -0.1) is 0 Å². The number of likely N-dealkylation sites (tertiary alicyclic amines) is 1. The van der Waals surface area contributed by atoms with Crippen molar-refractivity contribution in [2.45, 2.75) is 19.8 Å². The van der Waals surface area contributed by atoms with Crippen LogP contribution in [0.25, 0.3) is 6.08 Å². The summed E-state index contributed by atoms with van der Waals surface area (Å²) < 4.78 is 5.27. The van der Waals surface area contributed by atoms with Crippen LogP contribution < -0.4 is 4.74 Å². The minimum absolute atomic E-state index is 0.336. The number of carbonyl (C=O) groups is 1. The first kappa shape index (κ1) is 15.2. The predicted molar refractivity (Wildman–Crippen MR) is 88.0 cm³/mol. The maximum Gasteiger partial charge on any atom is 0.416 e. The molecule has 0 N–H and O–H groups in total. The van der Waals surface area contributed by atoms with E-state index in [1.165, 1.54) is 5.57 Å². The summed E-state index contributed by atoms with van der Waals surface area (Å²) in [6, 6.07) is 11.3. The fraction of sp³-hybridized carbons (Fsp3) is 0.278. The Kier molecular flexibility index (Phi) is 4.66. The molecule has 0 spiro atoms. The van der Waals surface area contributed by atoms with Crippen molar-refractivity contribution in [1.82, 2.24) is 14.9 Å². The second kappa shape index (κ2) is 7.05.